The number of piperidine rings is 1. The van der Waals surface area contributed by atoms with E-state index >= 15 is 0 Å². The second-order valence-corrected chi connectivity index (χ2v) is 5.75. The van der Waals surface area contributed by atoms with Crippen LogP contribution in [0.3, 0.4) is 0 Å². The van der Waals surface area contributed by atoms with Crippen LogP contribution < -0.4 is 0 Å². The van der Waals surface area contributed by atoms with Crippen LogP contribution >= 0.6 is 0 Å². The summed E-state index contributed by atoms with van der Waals surface area (Å²) in [6, 6.07) is 5.78. The van der Waals surface area contributed by atoms with Gasteiger partial charge in [0.15, 0.2) is 5.76 Å². The van der Waals surface area contributed by atoms with Crippen molar-refractivity contribution in [1.29, 1.82) is 0 Å². The molecular weight excluding hydrogens is 268 g/mol. The van der Waals surface area contributed by atoms with Gasteiger partial charge in [-0.15, -0.1) is 0 Å². The summed E-state index contributed by atoms with van der Waals surface area (Å²) < 4.78 is 10.8. The van der Waals surface area contributed by atoms with Gasteiger partial charge in [0.25, 0.3) is 5.91 Å². The van der Waals surface area contributed by atoms with Crippen molar-refractivity contribution in [2.24, 2.45) is 0 Å². The first kappa shape index (κ1) is 12.7. The molecule has 2 bridgehead atoms. The molecule has 0 saturated carbocycles. The van der Waals surface area contributed by atoms with Crippen LogP contribution in [0.5, 0.6) is 0 Å². The Labute approximate surface area is 123 Å². The third-order valence-electron chi connectivity index (χ3n) is 4.54. The molecule has 0 radical (unpaired) electrons. The summed E-state index contributed by atoms with van der Waals surface area (Å²) in [5.74, 6) is 1.11. The predicted octanol–water partition coefficient (Wildman–Crippen LogP) is 2.46. The highest BCUT2D eigenvalue weighted by atomic mass is 16.4. The minimum absolute atomic E-state index is 0.0125. The molecule has 3 aliphatic heterocycles. The molecule has 3 aliphatic rings. The fraction of sp³-hybridized carbons (Fsp3) is 0.438. The number of nitrogens with zero attached hydrogens (tertiary/aromatic N) is 2. The Morgan fingerprint density at radius 3 is 2.71 bits per heavy atom. The van der Waals surface area contributed by atoms with Crippen molar-refractivity contribution in [2.75, 3.05) is 26.2 Å². The summed E-state index contributed by atoms with van der Waals surface area (Å²) in [6.07, 6.45) is 5.36. The molecule has 0 aromatic carbocycles. The van der Waals surface area contributed by atoms with Gasteiger partial charge in [0.2, 0.25) is 0 Å². The van der Waals surface area contributed by atoms with Gasteiger partial charge in [-0.05, 0) is 31.0 Å². The lowest BCUT2D eigenvalue weighted by Crippen LogP contribution is -2.41. The van der Waals surface area contributed by atoms with Gasteiger partial charge >= 0.3 is 0 Å². The lowest BCUT2D eigenvalue weighted by atomic mass is 10.1. The number of amides is 1. The van der Waals surface area contributed by atoms with Crippen molar-refractivity contribution in [3.8, 4) is 11.3 Å². The Morgan fingerprint density at radius 1 is 1.10 bits per heavy atom. The van der Waals surface area contributed by atoms with E-state index in [1.54, 1.807) is 18.6 Å². The first-order valence-electron chi connectivity index (χ1n) is 7.47. The number of hydrogen-bond donors (Lipinski definition) is 0. The molecule has 5 rings (SSSR count). The quantitative estimate of drug-likeness (QED) is 0.851. The van der Waals surface area contributed by atoms with Gasteiger partial charge in [-0.1, -0.05) is 0 Å². The van der Waals surface area contributed by atoms with Gasteiger partial charge in [-0.2, -0.15) is 0 Å². The highest BCUT2D eigenvalue weighted by molar-refractivity contribution is 5.92. The van der Waals surface area contributed by atoms with Crippen molar-refractivity contribution < 1.29 is 13.6 Å². The monoisotopic (exact) mass is 286 g/mol. The van der Waals surface area contributed by atoms with Crippen LogP contribution in [0, 0.1) is 0 Å². The maximum atomic E-state index is 12.7. The summed E-state index contributed by atoms with van der Waals surface area (Å²) in [5, 5.41) is 0. The van der Waals surface area contributed by atoms with Crippen LogP contribution in [0.2, 0.25) is 0 Å². The third-order valence-corrected chi connectivity index (χ3v) is 4.54. The molecule has 5 nitrogen and oxygen atoms in total. The molecule has 0 aliphatic carbocycles. The van der Waals surface area contributed by atoms with Crippen molar-refractivity contribution in [1.82, 2.24) is 9.80 Å². The molecule has 2 aromatic rings. The van der Waals surface area contributed by atoms with Gasteiger partial charge in [0, 0.05) is 32.2 Å². The number of furan rings is 2. The summed E-state index contributed by atoms with van der Waals surface area (Å²) in [4.78, 5) is 17.1. The van der Waals surface area contributed by atoms with Gasteiger partial charge < -0.3 is 18.6 Å². The Hall–Kier alpha value is -2.01. The van der Waals surface area contributed by atoms with E-state index in [9.17, 15) is 4.79 Å². The zero-order valence-electron chi connectivity index (χ0n) is 11.8. The predicted molar refractivity (Wildman–Crippen MR) is 76.9 cm³/mol. The zero-order valence-corrected chi connectivity index (χ0v) is 11.8. The highest BCUT2D eigenvalue weighted by Crippen LogP contribution is 2.26. The van der Waals surface area contributed by atoms with E-state index in [1.165, 1.54) is 0 Å². The Bertz CT molecular complexity index is 624. The summed E-state index contributed by atoms with van der Waals surface area (Å²) >= 11 is 0. The lowest BCUT2D eigenvalue weighted by molar-refractivity contribution is 0.0653. The van der Waals surface area contributed by atoms with E-state index in [1.807, 2.05) is 17.0 Å². The molecule has 3 fully saturated rings. The number of rotatable bonds is 2. The smallest absolute Gasteiger partial charge is 0.289 e. The first-order chi connectivity index (χ1) is 10.3. The van der Waals surface area contributed by atoms with Crippen LogP contribution in [0.15, 0.2) is 39.6 Å². The largest absolute Gasteiger partial charge is 0.472 e. The topological polar surface area (TPSA) is 49.8 Å². The van der Waals surface area contributed by atoms with E-state index in [0.29, 0.717) is 17.6 Å². The molecule has 21 heavy (non-hydrogen) atoms. The van der Waals surface area contributed by atoms with E-state index in [2.05, 4.69) is 4.90 Å². The molecule has 2 aromatic heterocycles. The van der Waals surface area contributed by atoms with Crippen LogP contribution in [0.1, 0.15) is 23.4 Å². The molecule has 5 heteroatoms. The van der Waals surface area contributed by atoms with Crippen LogP contribution in [-0.2, 0) is 0 Å². The first-order valence-corrected chi connectivity index (χ1v) is 7.47. The molecule has 0 atom stereocenters. The van der Waals surface area contributed by atoms with Crippen molar-refractivity contribution in [3.63, 3.8) is 0 Å². The third kappa shape index (κ3) is 2.27. The van der Waals surface area contributed by atoms with Crippen LogP contribution in [0.25, 0.3) is 11.3 Å². The van der Waals surface area contributed by atoms with Crippen molar-refractivity contribution in [3.05, 3.63) is 36.5 Å². The summed E-state index contributed by atoms with van der Waals surface area (Å²) in [7, 11) is 0. The summed E-state index contributed by atoms with van der Waals surface area (Å²) in [5.41, 5.74) is 0.858. The van der Waals surface area contributed by atoms with Crippen molar-refractivity contribution >= 4 is 5.91 Å². The maximum absolute atomic E-state index is 12.7. The average molecular weight is 286 g/mol. The molecule has 3 saturated heterocycles. The molecule has 5 heterocycles. The Balaban J connectivity index is 1.57. The normalized spacial score (nSPS) is 25.0. The van der Waals surface area contributed by atoms with Gasteiger partial charge in [-0.3, -0.25) is 4.79 Å². The fourth-order valence-corrected chi connectivity index (χ4v) is 3.31. The molecule has 0 spiro atoms. The molecule has 0 N–H and O–H groups in total. The van der Waals surface area contributed by atoms with Crippen LogP contribution in [0.4, 0.5) is 0 Å². The van der Waals surface area contributed by atoms with E-state index in [4.69, 9.17) is 8.83 Å². The standard InChI is InChI=1S/C16H18N2O3/c19-16(18-9-8-17-6-3-13(18)4-7-17)15-2-1-14(21-15)12-5-10-20-11-12/h1-2,5,10-11,13H,3-4,6-9H2. The second kappa shape index (κ2) is 5.07. The lowest BCUT2D eigenvalue weighted by Gasteiger charge is -2.30. The van der Waals surface area contributed by atoms with Gasteiger partial charge in [-0.25, -0.2) is 0 Å². The number of carbonyl (C=O) groups excluding carboxylic acids is 1. The maximum Gasteiger partial charge on any atom is 0.289 e. The number of hydrogen-bond acceptors (Lipinski definition) is 4. The Morgan fingerprint density at radius 2 is 1.95 bits per heavy atom. The molecular formula is C16H18N2O3. The SMILES string of the molecule is O=C(c1ccc(-c2ccoc2)o1)N1CCN2CCC1CC2. The van der Waals surface area contributed by atoms with E-state index in [0.717, 1.165) is 44.6 Å². The van der Waals surface area contributed by atoms with Crippen LogP contribution in [-0.4, -0.2) is 47.9 Å². The second-order valence-electron chi connectivity index (χ2n) is 5.75. The Kier molecular flexibility index (Phi) is 3.07. The zero-order chi connectivity index (χ0) is 14.2. The number of fused-ring (bicyclic) bond motifs is 4. The van der Waals surface area contributed by atoms with E-state index in [-0.39, 0.29) is 5.91 Å². The minimum atomic E-state index is 0.0125. The highest BCUT2D eigenvalue weighted by Gasteiger charge is 2.33. The van der Waals surface area contributed by atoms with Gasteiger partial charge in [0.05, 0.1) is 11.8 Å². The molecule has 110 valence electrons. The number of carbonyl (C=O) groups is 1. The minimum Gasteiger partial charge on any atom is -0.472 e. The average Bonchev–Trinajstić information content (AvgIpc) is 3.12. The molecule has 1 amide bonds. The van der Waals surface area contributed by atoms with Gasteiger partial charge in [0.1, 0.15) is 12.0 Å². The van der Waals surface area contributed by atoms with Crippen molar-refractivity contribution in [2.45, 2.75) is 18.9 Å². The summed E-state index contributed by atoms with van der Waals surface area (Å²) in [6.45, 7) is 3.97. The fourth-order valence-electron chi connectivity index (χ4n) is 3.31. The van der Waals surface area contributed by atoms with E-state index < -0.39 is 0 Å². The molecule has 0 unspecified atom stereocenters.